The molecule has 0 atom stereocenters. The van der Waals surface area contributed by atoms with E-state index in [9.17, 15) is 9.59 Å². The normalized spacial score (nSPS) is 10.8. The van der Waals surface area contributed by atoms with Crippen LogP contribution in [0.2, 0.25) is 0 Å². The van der Waals surface area contributed by atoms with Crippen LogP contribution in [0.5, 0.6) is 11.5 Å². The van der Waals surface area contributed by atoms with Crippen LogP contribution in [0.4, 0.5) is 0 Å². The van der Waals surface area contributed by atoms with E-state index >= 15 is 0 Å². The molecule has 136 valence electrons. The average molecular weight is 356 g/mol. The Hall–Kier alpha value is -3.42. The standard InChI is InChI=1S/C18H20N4O4/c1-12(14-4-5-15(25-2)16(10-14)26-3)21-22-17(23)11-20-18(24)13-6-8-19-9-7-13/h4-10H,11H2,1-3H3,(H,20,24)(H,22,23)/b21-12+. The summed E-state index contributed by atoms with van der Waals surface area (Å²) < 4.78 is 10.4. The number of benzene rings is 1. The lowest BCUT2D eigenvalue weighted by atomic mass is 10.1. The van der Waals surface area contributed by atoms with Crippen LogP contribution in [0.1, 0.15) is 22.8 Å². The molecule has 8 nitrogen and oxygen atoms in total. The van der Waals surface area contributed by atoms with Crippen molar-refractivity contribution < 1.29 is 19.1 Å². The van der Waals surface area contributed by atoms with Gasteiger partial charge in [0.25, 0.3) is 11.8 Å². The van der Waals surface area contributed by atoms with Crippen molar-refractivity contribution in [1.82, 2.24) is 15.7 Å². The summed E-state index contributed by atoms with van der Waals surface area (Å²) in [4.78, 5) is 27.5. The highest BCUT2D eigenvalue weighted by atomic mass is 16.5. The number of aromatic nitrogens is 1. The fourth-order valence-corrected chi connectivity index (χ4v) is 2.08. The second-order valence-electron chi connectivity index (χ2n) is 5.22. The molecule has 0 saturated carbocycles. The Balaban J connectivity index is 1.92. The number of nitrogens with zero attached hydrogens (tertiary/aromatic N) is 2. The van der Waals surface area contributed by atoms with E-state index in [2.05, 4.69) is 20.8 Å². The Morgan fingerprint density at radius 3 is 2.38 bits per heavy atom. The molecule has 2 aromatic rings. The van der Waals surface area contributed by atoms with E-state index in [0.717, 1.165) is 5.56 Å². The van der Waals surface area contributed by atoms with E-state index in [1.54, 1.807) is 51.5 Å². The number of hydrogen-bond donors (Lipinski definition) is 2. The second kappa shape index (κ2) is 9.16. The number of ether oxygens (including phenoxy) is 2. The van der Waals surface area contributed by atoms with E-state index in [0.29, 0.717) is 22.8 Å². The second-order valence-corrected chi connectivity index (χ2v) is 5.22. The summed E-state index contributed by atoms with van der Waals surface area (Å²) in [6.07, 6.45) is 3.01. The molecule has 2 rings (SSSR count). The molecule has 1 aromatic heterocycles. The zero-order valence-corrected chi connectivity index (χ0v) is 14.8. The summed E-state index contributed by atoms with van der Waals surface area (Å²) in [5, 5.41) is 6.55. The third kappa shape index (κ3) is 5.04. The van der Waals surface area contributed by atoms with Gasteiger partial charge in [0.15, 0.2) is 11.5 Å². The van der Waals surface area contributed by atoms with Crippen molar-refractivity contribution in [3.63, 3.8) is 0 Å². The number of rotatable bonds is 7. The van der Waals surface area contributed by atoms with Crippen molar-refractivity contribution in [3.05, 3.63) is 53.9 Å². The molecule has 0 bridgehead atoms. The van der Waals surface area contributed by atoms with Gasteiger partial charge in [-0.05, 0) is 37.3 Å². The zero-order valence-electron chi connectivity index (χ0n) is 14.8. The maximum atomic E-state index is 11.9. The Morgan fingerprint density at radius 1 is 1.04 bits per heavy atom. The Bertz CT molecular complexity index is 806. The molecule has 0 fully saturated rings. The van der Waals surface area contributed by atoms with E-state index in [4.69, 9.17) is 9.47 Å². The first kappa shape index (κ1) is 18.9. The van der Waals surface area contributed by atoms with Crippen LogP contribution >= 0.6 is 0 Å². The van der Waals surface area contributed by atoms with Gasteiger partial charge in [0, 0.05) is 23.5 Å². The number of pyridine rings is 1. The molecule has 0 spiro atoms. The summed E-state index contributed by atoms with van der Waals surface area (Å²) in [5.41, 5.74) is 4.18. The lowest BCUT2D eigenvalue weighted by molar-refractivity contribution is -0.120. The number of amides is 2. The SMILES string of the molecule is COc1ccc(/C(C)=N/NC(=O)CNC(=O)c2ccncc2)cc1OC. The molecule has 0 saturated heterocycles. The van der Waals surface area contributed by atoms with E-state index in [1.807, 2.05) is 0 Å². The van der Waals surface area contributed by atoms with Gasteiger partial charge >= 0.3 is 0 Å². The van der Waals surface area contributed by atoms with Crippen molar-refractivity contribution in [2.45, 2.75) is 6.92 Å². The smallest absolute Gasteiger partial charge is 0.259 e. The number of carbonyl (C=O) groups excluding carboxylic acids is 2. The molecule has 2 amide bonds. The van der Waals surface area contributed by atoms with Crippen LogP contribution in [0.25, 0.3) is 0 Å². The Labute approximate surface area is 151 Å². The Morgan fingerprint density at radius 2 is 1.73 bits per heavy atom. The summed E-state index contributed by atoms with van der Waals surface area (Å²) in [6, 6.07) is 8.44. The lowest BCUT2D eigenvalue weighted by Gasteiger charge is -2.09. The van der Waals surface area contributed by atoms with E-state index in [-0.39, 0.29) is 12.5 Å². The highest BCUT2D eigenvalue weighted by Crippen LogP contribution is 2.27. The summed E-state index contributed by atoms with van der Waals surface area (Å²) in [5.74, 6) is 0.373. The number of hydrazone groups is 1. The van der Waals surface area contributed by atoms with E-state index < -0.39 is 5.91 Å². The van der Waals surface area contributed by atoms with Crippen LogP contribution in [-0.4, -0.2) is 43.3 Å². The van der Waals surface area contributed by atoms with E-state index in [1.165, 1.54) is 12.4 Å². The van der Waals surface area contributed by atoms with Crippen LogP contribution in [0, 0.1) is 0 Å². The molecule has 0 aliphatic rings. The largest absolute Gasteiger partial charge is 0.493 e. The minimum atomic E-state index is -0.438. The predicted molar refractivity (Wildman–Crippen MR) is 96.5 cm³/mol. The third-order valence-electron chi connectivity index (χ3n) is 3.50. The predicted octanol–water partition coefficient (Wildman–Crippen LogP) is 1.37. The van der Waals surface area contributed by atoms with Gasteiger partial charge in [-0.15, -0.1) is 0 Å². The fourth-order valence-electron chi connectivity index (χ4n) is 2.08. The van der Waals surface area contributed by atoms with Gasteiger partial charge in [-0.3, -0.25) is 14.6 Å². The first-order valence-corrected chi connectivity index (χ1v) is 7.79. The van der Waals surface area contributed by atoms with Crippen molar-refractivity contribution in [2.75, 3.05) is 20.8 Å². The number of hydrogen-bond acceptors (Lipinski definition) is 6. The van der Waals surface area contributed by atoms with Crippen LogP contribution < -0.4 is 20.2 Å². The van der Waals surface area contributed by atoms with Gasteiger partial charge in [-0.1, -0.05) is 0 Å². The molecule has 0 aliphatic carbocycles. The molecule has 1 heterocycles. The first-order chi connectivity index (χ1) is 12.5. The van der Waals surface area contributed by atoms with Crippen molar-refractivity contribution in [3.8, 4) is 11.5 Å². The van der Waals surface area contributed by atoms with Gasteiger partial charge in [-0.2, -0.15) is 5.10 Å². The van der Waals surface area contributed by atoms with Crippen molar-refractivity contribution >= 4 is 17.5 Å². The fraction of sp³-hybridized carbons (Fsp3) is 0.222. The summed E-state index contributed by atoms with van der Waals surface area (Å²) in [6.45, 7) is 1.56. The zero-order chi connectivity index (χ0) is 18.9. The monoisotopic (exact) mass is 356 g/mol. The van der Waals surface area contributed by atoms with Gasteiger partial charge < -0.3 is 14.8 Å². The lowest BCUT2D eigenvalue weighted by Crippen LogP contribution is -2.35. The molecule has 0 radical (unpaired) electrons. The van der Waals surface area contributed by atoms with Gasteiger partial charge in [0.1, 0.15) is 0 Å². The molecular weight excluding hydrogens is 336 g/mol. The Kier molecular flexibility index (Phi) is 6.67. The maximum Gasteiger partial charge on any atom is 0.259 e. The minimum absolute atomic E-state index is 0.191. The first-order valence-electron chi connectivity index (χ1n) is 7.79. The molecular formula is C18H20N4O4. The molecule has 0 unspecified atom stereocenters. The quantitative estimate of drug-likeness (QED) is 0.576. The van der Waals surface area contributed by atoms with Gasteiger partial charge in [0.05, 0.1) is 26.5 Å². The van der Waals surface area contributed by atoms with Crippen LogP contribution in [-0.2, 0) is 4.79 Å². The van der Waals surface area contributed by atoms with Crippen LogP contribution in [0.3, 0.4) is 0 Å². The summed E-state index contributed by atoms with van der Waals surface area (Å²) in [7, 11) is 3.10. The van der Waals surface area contributed by atoms with Gasteiger partial charge in [0.2, 0.25) is 0 Å². The summed E-state index contributed by atoms with van der Waals surface area (Å²) >= 11 is 0. The molecule has 0 aliphatic heterocycles. The number of carbonyl (C=O) groups is 2. The molecule has 2 N–H and O–H groups in total. The van der Waals surface area contributed by atoms with Crippen molar-refractivity contribution in [2.24, 2.45) is 5.10 Å². The maximum absolute atomic E-state index is 11.9. The highest BCUT2D eigenvalue weighted by molar-refractivity contribution is 6.00. The number of methoxy groups -OCH3 is 2. The van der Waals surface area contributed by atoms with Crippen LogP contribution in [0.15, 0.2) is 47.8 Å². The van der Waals surface area contributed by atoms with Crippen molar-refractivity contribution in [1.29, 1.82) is 0 Å². The average Bonchev–Trinajstić information content (AvgIpc) is 2.70. The highest BCUT2D eigenvalue weighted by Gasteiger charge is 2.09. The minimum Gasteiger partial charge on any atom is -0.493 e. The van der Waals surface area contributed by atoms with Gasteiger partial charge in [-0.25, -0.2) is 5.43 Å². The molecule has 8 heteroatoms. The third-order valence-corrected chi connectivity index (χ3v) is 3.50. The molecule has 26 heavy (non-hydrogen) atoms. The topological polar surface area (TPSA) is 102 Å². The number of nitrogens with one attached hydrogen (secondary N) is 2. The molecule has 1 aromatic carbocycles.